The molecule has 1 atom stereocenters. The second-order valence-corrected chi connectivity index (χ2v) is 7.70. The Bertz CT molecular complexity index is 1310. The molecule has 1 unspecified atom stereocenters. The van der Waals surface area contributed by atoms with Crippen molar-refractivity contribution in [1.29, 1.82) is 0 Å². The lowest BCUT2D eigenvalue weighted by Gasteiger charge is -2.21. The first kappa shape index (κ1) is 18.9. The number of H-pyrrole nitrogens is 1. The molecule has 0 radical (unpaired) electrons. The second kappa shape index (κ2) is 7.28. The molecule has 2 aromatic carbocycles. The maximum atomic E-state index is 13.0. The molecule has 1 aliphatic heterocycles. The number of hydrogen-bond donors (Lipinski definition) is 3. The van der Waals surface area contributed by atoms with E-state index in [-0.39, 0.29) is 11.8 Å². The largest absolute Gasteiger partial charge is 0.399 e. The van der Waals surface area contributed by atoms with Gasteiger partial charge in [0.15, 0.2) is 0 Å². The minimum atomic E-state index is -0.658. The number of likely N-dealkylation sites (N-methyl/N-ethyl adjacent to an activating group) is 1. The van der Waals surface area contributed by atoms with E-state index in [0.29, 0.717) is 23.4 Å². The van der Waals surface area contributed by atoms with Gasteiger partial charge in [-0.05, 0) is 47.0 Å². The molecule has 31 heavy (non-hydrogen) atoms. The van der Waals surface area contributed by atoms with Gasteiger partial charge in [0, 0.05) is 36.9 Å². The maximum absolute atomic E-state index is 13.0. The van der Waals surface area contributed by atoms with E-state index in [4.69, 9.17) is 5.73 Å². The Morgan fingerprint density at radius 2 is 1.84 bits per heavy atom. The molecule has 0 fully saturated rings. The van der Waals surface area contributed by atoms with Gasteiger partial charge in [-0.25, -0.2) is 4.98 Å². The zero-order valence-electron chi connectivity index (χ0n) is 16.9. The van der Waals surface area contributed by atoms with Crippen LogP contribution in [0, 0.1) is 0 Å². The highest BCUT2D eigenvalue weighted by Gasteiger charge is 2.31. The molecule has 0 saturated heterocycles. The summed E-state index contributed by atoms with van der Waals surface area (Å²) in [5.74, 6) is -0.461. The number of nitrogens with one attached hydrogen (secondary N) is 2. The Morgan fingerprint density at radius 1 is 1.03 bits per heavy atom. The van der Waals surface area contributed by atoms with Gasteiger partial charge < -0.3 is 20.9 Å². The summed E-state index contributed by atoms with van der Waals surface area (Å²) in [4.78, 5) is 34.7. The number of amides is 2. The van der Waals surface area contributed by atoms with E-state index < -0.39 is 6.04 Å². The van der Waals surface area contributed by atoms with Crippen molar-refractivity contribution in [3.63, 3.8) is 0 Å². The van der Waals surface area contributed by atoms with Crippen molar-refractivity contribution >= 4 is 34.2 Å². The van der Waals surface area contributed by atoms with Crippen LogP contribution in [0.3, 0.4) is 0 Å². The summed E-state index contributed by atoms with van der Waals surface area (Å²) in [5.41, 5.74) is 11.2. The molecule has 154 valence electrons. The third kappa shape index (κ3) is 3.30. The van der Waals surface area contributed by atoms with Crippen LogP contribution in [0.2, 0.25) is 0 Å². The Kier molecular flexibility index (Phi) is 4.43. The van der Waals surface area contributed by atoms with E-state index in [9.17, 15) is 9.59 Å². The van der Waals surface area contributed by atoms with E-state index in [1.807, 2.05) is 42.6 Å². The number of nitrogens with two attached hydrogens (primary N) is 1. The van der Waals surface area contributed by atoms with E-state index in [1.165, 1.54) is 4.90 Å². The van der Waals surface area contributed by atoms with Crippen molar-refractivity contribution in [3.05, 3.63) is 78.1 Å². The fraction of sp³-hybridized carbons (Fsp3) is 0.125. The predicted octanol–water partition coefficient (Wildman–Crippen LogP) is 3.13. The summed E-state index contributed by atoms with van der Waals surface area (Å²) < 4.78 is 0. The van der Waals surface area contributed by atoms with Gasteiger partial charge in [0.2, 0.25) is 5.91 Å². The molecule has 7 heteroatoms. The van der Waals surface area contributed by atoms with Gasteiger partial charge in [0.1, 0.15) is 11.7 Å². The molecule has 7 nitrogen and oxygen atoms in total. The van der Waals surface area contributed by atoms with E-state index in [1.54, 1.807) is 31.4 Å². The molecule has 0 bridgehead atoms. The summed E-state index contributed by atoms with van der Waals surface area (Å²) in [6.07, 6.45) is 4.05. The van der Waals surface area contributed by atoms with Crippen molar-refractivity contribution in [2.75, 3.05) is 17.7 Å². The fourth-order valence-electron chi connectivity index (χ4n) is 4.09. The molecule has 4 aromatic rings. The second-order valence-electron chi connectivity index (χ2n) is 7.70. The number of aromatic nitrogens is 2. The molecule has 0 spiro atoms. The van der Waals surface area contributed by atoms with Crippen molar-refractivity contribution in [2.45, 2.75) is 12.5 Å². The lowest BCUT2D eigenvalue weighted by atomic mass is 9.99. The smallest absolute Gasteiger partial charge is 0.254 e. The van der Waals surface area contributed by atoms with E-state index >= 15 is 0 Å². The van der Waals surface area contributed by atoms with Crippen LogP contribution in [0.1, 0.15) is 15.9 Å². The van der Waals surface area contributed by atoms with Gasteiger partial charge in [-0.15, -0.1) is 0 Å². The number of nitrogens with zero attached hydrogens (tertiary/aromatic N) is 2. The van der Waals surface area contributed by atoms with Crippen LogP contribution in [0.4, 0.5) is 11.4 Å². The molecule has 0 saturated carbocycles. The quantitative estimate of drug-likeness (QED) is 0.451. The Hall–Kier alpha value is -4.13. The van der Waals surface area contributed by atoms with Gasteiger partial charge in [-0.3, -0.25) is 9.59 Å². The predicted molar refractivity (Wildman–Crippen MR) is 121 cm³/mol. The normalized spacial score (nSPS) is 16.2. The minimum absolute atomic E-state index is 0.163. The Morgan fingerprint density at radius 3 is 2.65 bits per heavy atom. The molecule has 2 amide bonds. The van der Waals surface area contributed by atoms with Crippen LogP contribution >= 0.6 is 0 Å². The zero-order chi connectivity index (χ0) is 21.5. The van der Waals surface area contributed by atoms with Crippen LogP contribution in [-0.2, 0) is 11.2 Å². The topological polar surface area (TPSA) is 104 Å². The molecule has 4 N–H and O–H groups in total. The first-order chi connectivity index (χ1) is 15.0. The summed E-state index contributed by atoms with van der Waals surface area (Å²) in [7, 11) is 1.68. The number of nitrogen functional groups attached to an aromatic ring is 1. The average Bonchev–Trinajstić information content (AvgIpc) is 3.24. The van der Waals surface area contributed by atoms with Gasteiger partial charge >= 0.3 is 0 Å². The summed E-state index contributed by atoms with van der Waals surface area (Å²) in [6, 6.07) is 16.4. The van der Waals surface area contributed by atoms with Gasteiger partial charge in [0.25, 0.3) is 5.91 Å². The van der Waals surface area contributed by atoms with Crippen LogP contribution in [-0.4, -0.2) is 34.9 Å². The van der Waals surface area contributed by atoms with Crippen molar-refractivity contribution in [1.82, 2.24) is 15.3 Å². The van der Waals surface area contributed by atoms with Crippen LogP contribution in [0.5, 0.6) is 0 Å². The fourth-order valence-corrected chi connectivity index (χ4v) is 4.09. The number of benzene rings is 2. The number of fused-ring (bicyclic) bond motifs is 2. The van der Waals surface area contributed by atoms with Crippen molar-refractivity contribution < 1.29 is 9.59 Å². The standard InChI is InChI=1S/C24H21N5O2/c1-29-21-7-6-16(25)13-19(21)23(30)28-20(24(29)31)12-14-2-4-15(5-3-14)17-8-10-26-22-18(17)9-11-27-22/h2-11,13,20H,12,25H2,1H3,(H,26,27)(H,28,30). The Labute approximate surface area is 178 Å². The molecular formula is C24H21N5O2. The molecule has 0 aliphatic carbocycles. The van der Waals surface area contributed by atoms with E-state index in [0.717, 1.165) is 27.7 Å². The maximum Gasteiger partial charge on any atom is 0.254 e. The molecule has 3 heterocycles. The van der Waals surface area contributed by atoms with Gasteiger partial charge in [-0.1, -0.05) is 24.3 Å². The van der Waals surface area contributed by atoms with Crippen molar-refractivity contribution in [3.8, 4) is 11.1 Å². The number of rotatable bonds is 3. The van der Waals surface area contributed by atoms with Crippen LogP contribution in [0.15, 0.2) is 67.0 Å². The number of hydrogen-bond acceptors (Lipinski definition) is 4. The SMILES string of the molecule is CN1C(=O)C(Cc2ccc(-c3ccnc4[nH]ccc34)cc2)NC(=O)c2cc(N)ccc21. The van der Waals surface area contributed by atoms with Crippen LogP contribution < -0.4 is 16.0 Å². The lowest BCUT2D eigenvalue weighted by Crippen LogP contribution is -2.45. The molecule has 1 aliphatic rings. The number of aromatic amines is 1. The highest BCUT2D eigenvalue weighted by atomic mass is 16.2. The number of anilines is 2. The number of pyridine rings is 1. The monoisotopic (exact) mass is 411 g/mol. The Balaban J connectivity index is 1.41. The zero-order valence-corrected chi connectivity index (χ0v) is 16.9. The lowest BCUT2D eigenvalue weighted by molar-refractivity contribution is -0.120. The van der Waals surface area contributed by atoms with Crippen molar-refractivity contribution in [2.24, 2.45) is 0 Å². The molecule has 5 rings (SSSR count). The third-order valence-electron chi connectivity index (χ3n) is 5.73. The first-order valence-corrected chi connectivity index (χ1v) is 10.0. The van der Waals surface area contributed by atoms with Crippen LogP contribution in [0.25, 0.3) is 22.2 Å². The molecular weight excluding hydrogens is 390 g/mol. The first-order valence-electron chi connectivity index (χ1n) is 10.0. The highest BCUT2D eigenvalue weighted by molar-refractivity contribution is 6.11. The van der Waals surface area contributed by atoms with Gasteiger partial charge in [-0.2, -0.15) is 0 Å². The van der Waals surface area contributed by atoms with E-state index in [2.05, 4.69) is 15.3 Å². The number of carbonyl (C=O) groups is 2. The van der Waals surface area contributed by atoms with Gasteiger partial charge in [0.05, 0.1) is 11.3 Å². The third-order valence-corrected chi connectivity index (χ3v) is 5.73. The summed E-state index contributed by atoms with van der Waals surface area (Å²) in [6.45, 7) is 0. The number of carbonyl (C=O) groups excluding carboxylic acids is 2. The minimum Gasteiger partial charge on any atom is -0.399 e. The molecule has 2 aromatic heterocycles. The summed E-state index contributed by atoms with van der Waals surface area (Å²) >= 11 is 0. The summed E-state index contributed by atoms with van der Waals surface area (Å²) in [5, 5.41) is 3.92. The average molecular weight is 411 g/mol. The highest BCUT2D eigenvalue weighted by Crippen LogP contribution is 2.28.